The van der Waals surface area contributed by atoms with Crippen molar-refractivity contribution >= 4 is 33.8 Å². The van der Waals surface area contributed by atoms with E-state index in [0.717, 1.165) is 30.2 Å². The molecule has 0 saturated heterocycles. The van der Waals surface area contributed by atoms with Crippen LogP contribution in [0.2, 0.25) is 0 Å². The van der Waals surface area contributed by atoms with Gasteiger partial charge in [0.05, 0.1) is 35.7 Å². The molecule has 3 aromatic heterocycles. The smallest absolute Gasteiger partial charge is 0.231 e. The Morgan fingerprint density at radius 2 is 2.12 bits per heavy atom. The maximum absolute atomic E-state index is 15.6. The zero-order valence-electron chi connectivity index (χ0n) is 17.3. The van der Waals surface area contributed by atoms with Gasteiger partial charge in [-0.25, -0.2) is 13.8 Å². The van der Waals surface area contributed by atoms with Crippen molar-refractivity contribution in [2.24, 2.45) is 5.92 Å². The lowest BCUT2D eigenvalue weighted by atomic mass is 9.93. The summed E-state index contributed by atoms with van der Waals surface area (Å²) in [5.41, 5.74) is 4.52. The average Bonchev–Trinajstić information content (AvgIpc) is 3.21. The number of halogens is 2. The van der Waals surface area contributed by atoms with Gasteiger partial charge in [-0.15, -0.1) is 0 Å². The Morgan fingerprint density at radius 1 is 1.28 bits per heavy atom. The number of hydrogen-bond acceptors (Lipinski definition) is 4. The van der Waals surface area contributed by atoms with Gasteiger partial charge in [0.15, 0.2) is 11.5 Å². The van der Waals surface area contributed by atoms with E-state index in [9.17, 15) is 9.18 Å². The number of rotatable bonds is 4. The maximum atomic E-state index is 15.6. The first-order valence-electron chi connectivity index (χ1n) is 10.7. The fourth-order valence-electron chi connectivity index (χ4n) is 4.55. The van der Waals surface area contributed by atoms with Crippen LogP contribution in [0.5, 0.6) is 0 Å². The third-order valence-corrected chi connectivity index (χ3v) is 6.34. The zero-order valence-corrected chi connectivity index (χ0v) is 17.3. The Balaban J connectivity index is 1.44. The summed E-state index contributed by atoms with van der Waals surface area (Å²) in [6, 6.07) is 0. The van der Waals surface area contributed by atoms with E-state index >= 15 is 4.39 Å². The standard InChI is InChI=1S/C23H20F2N6O/c1-11-19(14-7-27-30-22(14)20(21(11)25)12-4-2-3-5-12)16-9-31-10-17(28-18(31)8-26-16)29-23(32)13-6-15(13)24/h4,7-10,13,15H,2-3,5-6H2,1H3,(H,27,30)(H,29,32). The van der Waals surface area contributed by atoms with Crippen LogP contribution in [0.15, 0.2) is 30.9 Å². The van der Waals surface area contributed by atoms with Gasteiger partial charge in [0.25, 0.3) is 0 Å². The van der Waals surface area contributed by atoms with Gasteiger partial charge in [0, 0.05) is 22.7 Å². The third kappa shape index (κ3) is 2.91. The SMILES string of the molecule is Cc1c(F)c(C2=CCCC2)c2[nH]ncc2c1-c1cn2cc(NC(=O)C3CC3F)nc2cn1. The number of nitrogens with one attached hydrogen (secondary N) is 2. The molecule has 7 nitrogen and oxygen atoms in total. The lowest BCUT2D eigenvalue weighted by Gasteiger charge is -2.14. The number of amides is 1. The van der Waals surface area contributed by atoms with Crippen LogP contribution in [0, 0.1) is 18.7 Å². The van der Waals surface area contributed by atoms with Gasteiger partial charge < -0.3 is 9.72 Å². The Morgan fingerprint density at radius 3 is 2.88 bits per heavy atom. The molecule has 0 spiro atoms. The lowest BCUT2D eigenvalue weighted by molar-refractivity contribution is -0.117. The van der Waals surface area contributed by atoms with Crippen LogP contribution in [-0.4, -0.2) is 36.6 Å². The Kier molecular flexibility index (Phi) is 4.14. The van der Waals surface area contributed by atoms with Crippen molar-refractivity contribution in [2.75, 3.05) is 5.32 Å². The number of aromatic nitrogens is 5. The summed E-state index contributed by atoms with van der Waals surface area (Å²) in [6.07, 6.45) is 10.8. The molecule has 1 amide bonds. The molecule has 0 aliphatic heterocycles. The number of carbonyl (C=O) groups is 1. The highest BCUT2D eigenvalue weighted by Crippen LogP contribution is 2.40. The summed E-state index contributed by atoms with van der Waals surface area (Å²) in [5, 5.41) is 10.6. The first-order valence-corrected chi connectivity index (χ1v) is 10.7. The molecule has 1 fully saturated rings. The highest BCUT2D eigenvalue weighted by atomic mass is 19.1. The van der Waals surface area contributed by atoms with E-state index in [1.165, 1.54) is 0 Å². The van der Waals surface area contributed by atoms with Crippen molar-refractivity contribution in [2.45, 2.75) is 38.8 Å². The fourth-order valence-corrected chi connectivity index (χ4v) is 4.55. The molecule has 2 N–H and O–H groups in total. The van der Waals surface area contributed by atoms with Crippen LogP contribution < -0.4 is 5.32 Å². The van der Waals surface area contributed by atoms with Crippen LogP contribution >= 0.6 is 0 Å². The number of H-pyrrole nitrogens is 1. The number of benzene rings is 1. The monoisotopic (exact) mass is 434 g/mol. The van der Waals surface area contributed by atoms with Gasteiger partial charge in [0.2, 0.25) is 5.91 Å². The van der Waals surface area contributed by atoms with Gasteiger partial charge >= 0.3 is 0 Å². The van der Waals surface area contributed by atoms with Crippen molar-refractivity contribution < 1.29 is 13.6 Å². The fraction of sp³-hybridized carbons (Fsp3) is 0.304. The quantitative estimate of drug-likeness (QED) is 0.492. The molecule has 1 saturated carbocycles. The molecule has 32 heavy (non-hydrogen) atoms. The van der Waals surface area contributed by atoms with Crippen molar-refractivity contribution in [1.82, 2.24) is 24.6 Å². The van der Waals surface area contributed by atoms with E-state index in [2.05, 4.69) is 31.6 Å². The predicted octanol–water partition coefficient (Wildman–Crippen LogP) is 4.58. The maximum Gasteiger partial charge on any atom is 0.231 e. The zero-order chi connectivity index (χ0) is 22.0. The van der Waals surface area contributed by atoms with Crippen LogP contribution in [0.3, 0.4) is 0 Å². The number of alkyl halides is 1. The molecule has 2 aliphatic carbocycles. The lowest BCUT2D eigenvalue weighted by Crippen LogP contribution is -2.15. The Bertz CT molecular complexity index is 1440. The number of fused-ring (bicyclic) bond motifs is 2. The molecule has 9 heteroatoms. The van der Waals surface area contributed by atoms with E-state index in [1.54, 1.807) is 36.1 Å². The van der Waals surface area contributed by atoms with Crippen LogP contribution in [-0.2, 0) is 4.79 Å². The molecule has 2 atom stereocenters. The Labute approximate surface area is 181 Å². The summed E-state index contributed by atoms with van der Waals surface area (Å²) in [7, 11) is 0. The molecule has 2 unspecified atom stereocenters. The molecule has 3 heterocycles. The second-order valence-corrected chi connectivity index (χ2v) is 8.48. The van der Waals surface area contributed by atoms with E-state index in [-0.39, 0.29) is 18.1 Å². The Hall–Kier alpha value is -3.62. The normalized spacial score (nSPS) is 20.2. The number of aromatic amines is 1. The molecule has 162 valence electrons. The minimum atomic E-state index is -1.07. The highest BCUT2D eigenvalue weighted by molar-refractivity contribution is 6.01. The predicted molar refractivity (Wildman–Crippen MR) is 116 cm³/mol. The summed E-state index contributed by atoms with van der Waals surface area (Å²) < 4.78 is 30.4. The molecular weight excluding hydrogens is 414 g/mol. The number of carbonyl (C=O) groups excluding carboxylic acids is 1. The number of imidazole rings is 1. The van der Waals surface area contributed by atoms with Crippen LogP contribution in [0.1, 0.15) is 36.8 Å². The molecule has 1 aromatic carbocycles. The van der Waals surface area contributed by atoms with E-state index in [1.807, 2.05) is 0 Å². The van der Waals surface area contributed by atoms with E-state index < -0.39 is 12.1 Å². The van der Waals surface area contributed by atoms with Crippen molar-refractivity contribution in [3.05, 3.63) is 47.8 Å². The summed E-state index contributed by atoms with van der Waals surface area (Å²) in [5.74, 6) is -0.908. The van der Waals surface area contributed by atoms with Crippen LogP contribution in [0.4, 0.5) is 14.6 Å². The second kappa shape index (κ2) is 6.94. The van der Waals surface area contributed by atoms with E-state index in [0.29, 0.717) is 39.4 Å². The molecule has 2 aliphatic rings. The number of anilines is 1. The third-order valence-electron chi connectivity index (χ3n) is 6.34. The van der Waals surface area contributed by atoms with E-state index in [4.69, 9.17) is 0 Å². The van der Waals surface area contributed by atoms with Gasteiger partial charge in [-0.2, -0.15) is 5.10 Å². The largest absolute Gasteiger partial charge is 0.309 e. The van der Waals surface area contributed by atoms with Gasteiger partial charge in [-0.3, -0.25) is 14.9 Å². The molecule has 6 rings (SSSR count). The van der Waals surface area contributed by atoms with Crippen LogP contribution in [0.25, 0.3) is 33.4 Å². The van der Waals surface area contributed by atoms with Crippen molar-refractivity contribution in [3.63, 3.8) is 0 Å². The highest BCUT2D eigenvalue weighted by Gasteiger charge is 2.43. The topological polar surface area (TPSA) is 88.0 Å². The minimum Gasteiger partial charge on any atom is -0.309 e. The molecule has 0 bridgehead atoms. The van der Waals surface area contributed by atoms with Gasteiger partial charge in [-0.05, 0) is 43.7 Å². The molecule has 4 aromatic rings. The first kappa shape index (κ1) is 19.1. The number of nitrogens with zero attached hydrogens (tertiary/aromatic N) is 4. The van der Waals surface area contributed by atoms with Gasteiger partial charge in [0.1, 0.15) is 12.0 Å². The molecule has 0 radical (unpaired) electrons. The number of hydrogen-bond donors (Lipinski definition) is 2. The summed E-state index contributed by atoms with van der Waals surface area (Å²) >= 11 is 0. The second-order valence-electron chi connectivity index (χ2n) is 8.48. The number of allylic oxidation sites excluding steroid dienone is 2. The van der Waals surface area contributed by atoms with Crippen molar-refractivity contribution in [3.8, 4) is 11.3 Å². The minimum absolute atomic E-state index is 0.253. The van der Waals surface area contributed by atoms with Gasteiger partial charge in [-0.1, -0.05) is 6.08 Å². The average molecular weight is 434 g/mol. The molecular formula is C23H20F2N6O. The first-order chi connectivity index (χ1) is 15.5. The summed E-state index contributed by atoms with van der Waals surface area (Å²) in [4.78, 5) is 20.9. The van der Waals surface area contributed by atoms with Crippen molar-refractivity contribution in [1.29, 1.82) is 0 Å². The summed E-state index contributed by atoms with van der Waals surface area (Å²) in [6.45, 7) is 1.75.